The number of ether oxygens (including phenoxy) is 1. The third-order valence-electron chi connectivity index (χ3n) is 2.84. The van der Waals surface area contributed by atoms with Crippen molar-refractivity contribution in [2.24, 2.45) is 11.8 Å². The topological polar surface area (TPSA) is 29.5 Å². The molecule has 0 aromatic heterocycles. The molecule has 2 unspecified atom stereocenters. The van der Waals surface area contributed by atoms with Crippen LogP contribution in [0.5, 0.6) is 5.75 Å². The van der Waals surface area contributed by atoms with Crippen molar-refractivity contribution in [2.45, 2.75) is 40.2 Å². The summed E-state index contributed by atoms with van der Waals surface area (Å²) in [5.41, 5.74) is 0.565. The maximum atomic E-state index is 13.7. The third-order valence-corrected chi connectivity index (χ3v) is 2.84. The number of rotatable bonds is 6. The minimum absolute atomic E-state index is 0.259. The molecule has 1 N–H and O–H groups in total. The Morgan fingerprint density at radius 3 is 2.39 bits per heavy atom. The zero-order valence-electron chi connectivity index (χ0n) is 11.6. The second kappa shape index (κ2) is 6.74. The van der Waals surface area contributed by atoms with Gasteiger partial charge in [-0.15, -0.1) is 0 Å². The van der Waals surface area contributed by atoms with E-state index in [4.69, 9.17) is 4.74 Å². The van der Waals surface area contributed by atoms with Gasteiger partial charge in [-0.2, -0.15) is 0 Å². The molecule has 0 saturated carbocycles. The van der Waals surface area contributed by atoms with Gasteiger partial charge in [0.05, 0.1) is 12.7 Å². The Hall–Kier alpha value is -1.09. The lowest BCUT2D eigenvalue weighted by Gasteiger charge is -2.16. The zero-order chi connectivity index (χ0) is 13.7. The molecule has 2 nitrogen and oxygen atoms in total. The van der Waals surface area contributed by atoms with E-state index in [2.05, 4.69) is 20.8 Å². The summed E-state index contributed by atoms with van der Waals surface area (Å²) in [6, 6.07) is 4.60. The monoisotopic (exact) mass is 254 g/mol. The molecule has 0 fully saturated rings. The molecule has 0 aliphatic carbocycles. The largest absolute Gasteiger partial charge is 0.490 e. The molecule has 0 aliphatic heterocycles. The molecule has 0 heterocycles. The number of aliphatic hydroxyl groups is 1. The molecule has 0 aliphatic rings. The van der Waals surface area contributed by atoms with Gasteiger partial charge in [0.25, 0.3) is 0 Å². The second-order valence-electron chi connectivity index (χ2n) is 5.41. The molecule has 1 aromatic carbocycles. The first-order valence-corrected chi connectivity index (χ1v) is 6.50. The van der Waals surface area contributed by atoms with Crippen LogP contribution in [0.25, 0.3) is 0 Å². The number of halogens is 1. The zero-order valence-corrected chi connectivity index (χ0v) is 11.6. The SMILES string of the molecule is CC(C)CC(C)COc1ccc(C(C)O)cc1F. The van der Waals surface area contributed by atoms with Crippen molar-refractivity contribution in [2.75, 3.05) is 6.61 Å². The van der Waals surface area contributed by atoms with Crippen LogP contribution < -0.4 is 4.74 Å². The number of hydrogen-bond donors (Lipinski definition) is 1. The molecule has 102 valence electrons. The summed E-state index contributed by atoms with van der Waals surface area (Å²) in [5.74, 6) is 0.868. The summed E-state index contributed by atoms with van der Waals surface area (Å²) >= 11 is 0. The van der Waals surface area contributed by atoms with Gasteiger partial charge in [0.15, 0.2) is 11.6 Å². The Labute approximate surface area is 109 Å². The van der Waals surface area contributed by atoms with E-state index in [0.29, 0.717) is 24.0 Å². The van der Waals surface area contributed by atoms with Crippen molar-refractivity contribution in [1.82, 2.24) is 0 Å². The maximum absolute atomic E-state index is 13.7. The lowest BCUT2D eigenvalue weighted by Crippen LogP contribution is -2.11. The van der Waals surface area contributed by atoms with Crippen molar-refractivity contribution in [1.29, 1.82) is 0 Å². The number of benzene rings is 1. The highest BCUT2D eigenvalue weighted by Crippen LogP contribution is 2.23. The summed E-state index contributed by atoms with van der Waals surface area (Å²) in [7, 11) is 0. The van der Waals surface area contributed by atoms with Crippen LogP contribution in [0.2, 0.25) is 0 Å². The predicted octanol–water partition coefficient (Wildman–Crippen LogP) is 3.94. The fourth-order valence-corrected chi connectivity index (χ4v) is 2.00. The molecule has 1 aromatic rings. The van der Waals surface area contributed by atoms with E-state index in [9.17, 15) is 9.50 Å². The van der Waals surface area contributed by atoms with E-state index in [0.717, 1.165) is 6.42 Å². The molecule has 3 heteroatoms. The summed E-state index contributed by atoms with van der Waals surface area (Å²) in [5, 5.41) is 9.35. The highest BCUT2D eigenvalue weighted by atomic mass is 19.1. The minimum atomic E-state index is -0.659. The van der Waals surface area contributed by atoms with Gasteiger partial charge >= 0.3 is 0 Å². The Morgan fingerprint density at radius 2 is 1.89 bits per heavy atom. The third kappa shape index (κ3) is 4.65. The van der Waals surface area contributed by atoms with E-state index < -0.39 is 11.9 Å². The van der Waals surface area contributed by atoms with Crippen molar-refractivity contribution < 1.29 is 14.2 Å². The summed E-state index contributed by atoms with van der Waals surface area (Å²) in [4.78, 5) is 0. The first-order valence-electron chi connectivity index (χ1n) is 6.50. The molecule has 0 amide bonds. The van der Waals surface area contributed by atoms with E-state index >= 15 is 0 Å². The Balaban J connectivity index is 2.58. The van der Waals surface area contributed by atoms with Crippen molar-refractivity contribution in [3.05, 3.63) is 29.6 Å². The van der Waals surface area contributed by atoms with E-state index in [1.807, 2.05) is 0 Å². The van der Waals surface area contributed by atoms with Gasteiger partial charge in [-0.05, 0) is 42.9 Å². The molecule has 0 spiro atoms. The molecule has 0 bridgehead atoms. The minimum Gasteiger partial charge on any atom is -0.490 e. The highest BCUT2D eigenvalue weighted by Gasteiger charge is 2.10. The van der Waals surface area contributed by atoms with Crippen LogP contribution in [0.1, 0.15) is 45.8 Å². The smallest absolute Gasteiger partial charge is 0.165 e. The van der Waals surface area contributed by atoms with Crippen LogP contribution in [0.15, 0.2) is 18.2 Å². The first kappa shape index (κ1) is 15.0. The lowest BCUT2D eigenvalue weighted by atomic mass is 10.00. The van der Waals surface area contributed by atoms with Crippen LogP contribution in [0, 0.1) is 17.7 Å². The standard InChI is InChI=1S/C15H23FO2/c1-10(2)7-11(3)9-18-15-6-5-13(12(4)17)8-14(15)16/h5-6,8,10-12,17H,7,9H2,1-4H3. The molecule has 2 atom stereocenters. The quantitative estimate of drug-likeness (QED) is 0.833. The normalized spacial score (nSPS) is 14.6. The van der Waals surface area contributed by atoms with Gasteiger partial charge in [-0.25, -0.2) is 4.39 Å². The van der Waals surface area contributed by atoms with E-state index in [1.165, 1.54) is 6.07 Å². The summed E-state index contributed by atoms with van der Waals surface area (Å²) in [6.45, 7) is 8.55. The van der Waals surface area contributed by atoms with Crippen molar-refractivity contribution in [3.8, 4) is 5.75 Å². The van der Waals surface area contributed by atoms with Gasteiger partial charge in [-0.1, -0.05) is 26.8 Å². The molecular formula is C15H23FO2. The molecule has 18 heavy (non-hydrogen) atoms. The Kier molecular flexibility index (Phi) is 5.60. The van der Waals surface area contributed by atoms with E-state index in [-0.39, 0.29) is 5.75 Å². The van der Waals surface area contributed by atoms with Gasteiger partial charge in [-0.3, -0.25) is 0 Å². The second-order valence-corrected chi connectivity index (χ2v) is 5.41. The average molecular weight is 254 g/mol. The number of hydrogen-bond acceptors (Lipinski definition) is 2. The Morgan fingerprint density at radius 1 is 1.22 bits per heavy atom. The van der Waals surface area contributed by atoms with E-state index in [1.54, 1.807) is 19.1 Å². The fourth-order valence-electron chi connectivity index (χ4n) is 2.00. The van der Waals surface area contributed by atoms with Crippen LogP contribution in [-0.2, 0) is 0 Å². The maximum Gasteiger partial charge on any atom is 0.165 e. The predicted molar refractivity (Wildman–Crippen MR) is 71.1 cm³/mol. The van der Waals surface area contributed by atoms with Gasteiger partial charge in [0.2, 0.25) is 0 Å². The van der Waals surface area contributed by atoms with Gasteiger partial charge in [0.1, 0.15) is 0 Å². The van der Waals surface area contributed by atoms with Crippen LogP contribution in [0.4, 0.5) is 4.39 Å². The van der Waals surface area contributed by atoms with Crippen LogP contribution >= 0.6 is 0 Å². The molecule has 1 rings (SSSR count). The molecular weight excluding hydrogens is 231 g/mol. The van der Waals surface area contributed by atoms with Crippen molar-refractivity contribution >= 4 is 0 Å². The lowest BCUT2D eigenvalue weighted by molar-refractivity contribution is 0.197. The summed E-state index contributed by atoms with van der Waals surface area (Å²) in [6.07, 6.45) is 0.404. The first-order chi connectivity index (χ1) is 8.40. The van der Waals surface area contributed by atoms with Crippen LogP contribution in [0.3, 0.4) is 0 Å². The number of aliphatic hydroxyl groups excluding tert-OH is 1. The molecule has 0 radical (unpaired) electrons. The fraction of sp³-hybridized carbons (Fsp3) is 0.600. The van der Waals surface area contributed by atoms with Crippen LogP contribution in [-0.4, -0.2) is 11.7 Å². The van der Waals surface area contributed by atoms with Gasteiger partial charge < -0.3 is 9.84 Å². The molecule has 0 saturated heterocycles. The van der Waals surface area contributed by atoms with Gasteiger partial charge in [0, 0.05) is 0 Å². The average Bonchev–Trinajstić information content (AvgIpc) is 2.26. The Bertz CT molecular complexity index is 375. The highest BCUT2D eigenvalue weighted by molar-refractivity contribution is 5.30. The summed E-state index contributed by atoms with van der Waals surface area (Å²) < 4.78 is 19.2. The van der Waals surface area contributed by atoms with Crippen molar-refractivity contribution in [3.63, 3.8) is 0 Å².